The first-order valence-electron chi connectivity index (χ1n) is 11.4. The van der Waals surface area contributed by atoms with E-state index >= 15 is 0 Å². The summed E-state index contributed by atoms with van der Waals surface area (Å²) in [5, 5.41) is 0. The number of ether oxygens (including phenoxy) is 1. The number of aromatic nitrogens is 2. The molecule has 28 heavy (non-hydrogen) atoms. The summed E-state index contributed by atoms with van der Waals surface area (Å²) in [5.41, 5.74) is 1.92. The standard InChI is InChI=1S/C23H37N3O2/c1-16-22(23(27)25(3)17(2)24-16)11-12-26-19-9-10-20(26)14-21(13-19)28-15-18-7-5-4-6-8-18/h18-21H,4-15H2,1-3H3. The molecule has 3 heterocycles. The minimum atomic E-state index is 0.128. The zero-order valence-corrected chi connectivity index (χ0v) is 18.0. The van der Waals surface area contributed by atoms with E-state index in [1.807, 2.05) is 20.9 Å². The molecule has 0 spiro atoms. The lowest BCUT2D eigenvalue weighted by molar-refractivity contribution is -0.0363. The van der Waals surface area contributed by atoms with Gasteiger partial charge in [-0.3, -0.25) is 14.3 Å². The summed E-state index contributed by atoms with van der Waals surface area (Å²) in [5.74, 6) is 1.60. The molecular formula is C23H37N3O2. The summed E-state index contributed by atoms with van der Waals surface area (Å²) >= 11 is 0. The fraction of sp³-hybridized carbons (Fsp3) is 0.826. The Morgan fingerprint density at radius 1 is 1.04 bits per heavy atom. The highest BCUT2D eigenvalue weighted by Crippen LogP contribution is 2.37. The molecule has 5 nitrogen and oxygen atoms in total. The van der Waals surface area contributed by atoms with Gasteiger partial charge in [0.1, 0.15) is 5.82 Å². The van der Waals surface area contributed by atoms with Gasteiger partial charge in [0.25, 0.3) is 5.56 Å². The molecule has 2 bridgehead atoms. The fourth-order valence-electron chi connectivity index (χ4n) is 5.77. The van der Waals surface area contributed by atoms with Gasteiger partial charge in [-0.1, -0.05) is 19.3 Å². The van der Waals surface area contributed by atoms with Crippen LogP contribution in [0, 0.1) is 19.8 Å². The van der Waals surface area contributed by atoms with Crippen LogP contribution in [0.3, 0.4) is 0 Å². The Balaban J connectivity index is 1.32. The minimum Gasteiger partial charge on any atom is -0.378 e. The molecule has 5 heteroatoms. The summed E-state index contributed by atoms with van der Waals surface area (Å²) in [6.45, 7) is 5.83. The SMILES string of the molecule is Cc1nc(C)n(C)c(=O)c1CCN1C2CCC1CC(OCC1CCCCC1)C2. The zero-order valence-electron chi connectivity index (χ0n) is 18.0. The number of fused-ring (bicyclic) bond motifs is 2. The third-order valence-corrected chi connectivity index (χ3v) is 7.57. The van der Waals surface area contributed by atoms with Crippen LogP contribution in [0.25, 0.3) is 0 Å². The van der Waals surface area contributed by atoms with Crippen molar-refractivity contribution in [3.05, 3.63) is 27.4 Å². The van der Waals surface area contributed by atoms with Gasteiger partial charge in [-0.05, 0) is 64.7 Å². The molecule has 0 amide bonds. The van der Waals surface area contributed by atoms with Crippen molar-refractivity contribution in [3.8, 4) is 0 Å². The highest BCUT2D eigenvalue weighted by molar-refractivity contribution is 5.18. The van der Waals surface area contributed by atoms with Crippen molar-refractivity contribution < 1.29 is 4.74 Å². The quantitative estimate of drug-likeness (QED) is 0.749. The summed E-state index contributed by atoms with van der Waals surface area (Å²) in [6, 6.07) is 1.27. The number of hydrogen-bond acceptors (Lipinski definition) is 4. The van der Waals surface area contributed by atoms with Gasteiger partial charge in [-0.2, -0.15) is 0 Å². The third kappa shape index (κ3) is 4.20. The molecule has 2 unspecified atom stereocenters. The second-order valence-electron chi connectivity index (χ2n) is 9.39. The summed E-state index contributed by atoms with van der Waals surface area (Å²) in [4.78, 5) is 19.9. The molecule has 2 saturated heterocycles. The number of nitrogens with zero attached hydrogens (tertiary/aromatic N) is 3. The smallest absolute Gasteiger partial charge is 0.256 e. The Morgan fingerprint density at radius 2 is 1.71 bits per heavy atom. The molecule has 3 aliphatic rings. The topological polar surface area (TPSA) is 47.4 Å². The lowest BCUT2D eigenvalue weighted by atomic mass is 9.90. The van der Waals surface area contributed by atoms with E-state index < -0.39 is 0 Å². The Bertz CT molecular complexity index is 724. The van der Waals surface area contributed by atoms with E-state index in [0.29, 0.717) is 18.2 Å². The van der Waals surface area contributed by atoms with E-state index in [-0.39, 0.29) is 5.56 Å². The number of piperidine rings is 1. The van der Waals surface area contributed by atoms with Crippen LogP contribution in [0.15, 0.2) is 4.79 Å². The van der Waals surface area contributed by atoms with Gasteiger partial charge in [0.05, 0.1) is 6.10 Å². The second kappa shape index (κ2) is 8.66. The van der Waals surface area contributed by atoms with Gasteiger partial charge in [-0.25, -0.2) is 4.98 Å². The largest absolute Gasteiger partial charge is 0.378 e. The highest BCUT2D eigenvalue weighted by Gasteiger charge is 2.41. The lowest BCUT2D eigenvalue weighted by Gasteiger charge is -2.39. The van der Waals surface area contributed by atoms with Crippen molar-refractivity contribution in [3.63, 3.8) is 0 Å². The summed E-state index contributed by atoms with van der Waals surface area (Å²) in [6.07, 6.45) is 13.1. The maximum absolute atomic E-state index is 12.6. The van der Waals surface area contributed by atoms with E-state index in [1.165, 1.54) is 57.8 Å². The first kappa shape index (κ1) is 20.1. The van der Waals surface area contributed by atoms with Gasteiger partial charge in [0.15, 0.2) is 0 Å². The molecule has 1 aromatic rings. The highest BCUT2D eigenvalue weighted by atomic mass is 16.5. The van der Waals surface area contributed by atoms with E-state index in [4.69, 9.17) is 4.74 Å². The fourth-order valence-corrected chi connectivity index (χ4v) is 5.77. The normalized spacial score (nSPS) is 28.8. The van der Waals surface area contributed by atoms with E-state index in [2.05, 4.69) is 9.88 Å². The molecule has 0 aromatic carbocycles. The Kier molecular flexibility index (Phi) is 6.21. The summed E-state index contributed by atoms with van der Waals surface area (Å²) in [7, 11) is 1.83. The Labute approximate surface area is 169 Å². The maximum Gasteiger partial charge on any atom is 0.256 e. The number of aryl methyl sites for hydroxylation is 2. The van der Waals surface area contributed by atoms with Crippen LogP contribution in [0.4, 0.5) is 0 Å². The van der Waals surface area contributed by atoms with E-state index in [0.717, 1.165) is 42.6 Å². The first-order chi connectivity index (χ1) is 13.5. The van der Waals surface area contributed by atoms with Crippen LogP contribution in [-0.2, 0) is 18.2 Å². The minimum absolute atomic E-state index is 0.128. The molecule has 1 aromatic heterocycles. The van der Waals surface area contributed by atoms with E-state index in [9.17, 15) is 4.79 Å². The van der Waals surface area contributed by atoms with Crippen LogP contribution >= 0.6 is 0 Å². The molecule has 3 fully saturated rings. The van der Waals surface area contributed by atoms with Crippen LogP contribution in [0.1, 0.15) is 74.9 Å². The molecule has 156 valence electrons. The number of rotatable bonds is 6. The predicted octanol–water partition coefficient (Wildman–Crippen LogP) is 3.53. The van der Waals surface area contributed by atoms with Crippen molar-refractivity contribution in [2.45, 2.75) is 96.2 Å². The average molecular weight is 388 g/mol. The zero-order chi connectivity index (χ0) is 19.7. The van der Waals surface area contributed by atoms with Crippen molar-refractivity contribution in [2.24, 2.45) is 13.0 Å². The van der Waals surface area contributed by atoms with Gasteiger partial charge in [-0.15, -0.1) is 0 Å². The van der Waals surface area contributed by atoms with Crippen molar-refractivity contribution >= 4 is 0 Å². The van der Waals surface area contributed by atoms with Crippen molar-refractivity contribution in [1.82, 2.24) is 14.5 Å². The molecule has 0 radical (unpaired) electrons. The average Bonchev–Trinajstić information content (AvgIpc) is 2.93. The van der Waals surface area contributed by atoms with Crippen LogP contribution in [0.5, 0.6) is 0 Å². The van der Waals surface area contributed by atoms with Crippen LogP contribution in [-0.4, -0.2) is 45.8 Å². The van der Waals surface area contributed by atoms with Gasteiger partial charge in [0.2, 0.25) is 0 Å². The van der Waals surface area contributed by atoms with Crippen LogP contribution in [0.2, 0.25) is 0 Å². The Hall–Kier alpha value is -1.20. The van der Waals surface area contributed by atoms with Gasteiger partial charge < -0.3 is 4.74 Å². The molecule has 1 saturated carbocycles. The molecule has 2 aliphatic heterocycles. The third-order valence-electron chi connectivity index (χ3n) is 7.57. The maximum atomic E-state index is 12.6. The van der Waals surface area contributed by atoms with Gasteiger partial charge >= 0.3 is 0 Å². The van der Waals surface area contributed by atoms with Crippen LogP contribution < -0.4 is 5.56 Å². The monoisotopic (exact) mass is 387 g/mol. The van der Waals surface area contributed by atoms with Gasteiger partial charge in [0, 0.05) is 43.5 Å². The first-order valence-corrected chi connectivity index (χ1v) is 11.4. The molecule has 2 atom stereocenters. The molecule has 4 rings (SSSR count). The van der Waals surface area contributed by atoms with E-state index in [1.54, 1.807) is 4.57 Å². The molecule has 1 aliphatic carbocycles. The lowest BCUT2D eigenvalue weighted by Crippen LogP contribution is -2.47. The van der Waals surface area contributed by atoms with Crippen molar-refractivity contribution in [1.29, 1.82) is 0 Å². The van der Waals surface area contributed by atoms with Crippen molar-refractivity contribution in [2.75, 3.05) is 13.2 Å². The Morgan fingerprint density at radius 3 is 2.39 bits per heavy atom. The molecular weight excluding hydrogens is 350 g/mol. The second-order valence-corrected chi connectivity index (χ2v) is 9.39. The molecule has 0 N–H and O–H groups in total. The predicted molar refractivity (Wildman–Crippen MR) is 112 cm³/mol. The summed E-state index contributed by atoms with van der Waals surface area (Å²) < 4.78 is 8.07. The number of hydrogen-bond donors (Lipinski definition) is 0.